The minimum absolute atomic E-state index is 0.0352. The molecule has 18 heavy (non-hydrogen) atoms. The maximum absolute atomic E-state index is 11.0. The number of rotatable bonds is 3. The van der Waals surface area contributed by atoms with E-state index in [-0.39, 0.29) is 17.2 Å². The Morgan fingerprint density at radius 3 is 2.39 bits per heavy atom. The molecule has 0 radical (unpaired) electrons. The molecule has 1 amide bonds. The summed E-state index contributed by atoms with van der Waals surface area (Å²) in [5.74, 6) is 0. The quantitative estimate of drug-likeness (QED) is 0.772. The van der Waals surface area contributed by atoms with Gasteiger partial charge in [-0.1, -0.05) is 20.8 Å². The fraction of sp³-hybridized carbons (Fsp3) is 0.917. The number of carboxylic acid groups (broad SMARTS) is 1. The molecule has 0 spiro atoms. The molecule has 1 rings (SSSR count). The molecule has 2 atom stereocenters. The van der Waals surface area contributed by atoms with Crippen LogP contribution in [0.15, 0.2) is 0 Å². The van der Waals surface area contributed by atoms with Crippen molar-refractivity contribution in [2.45, 2.75) is 51.0 Å². The Kier molecular flexibility index (Phi) is 4.45. The summed E-state index contributed by atoms with van der Waals surface area (Å²) in [6, 6.07) is -0.0865. The predicted molar refractivity (Wildman–Crippen MR) is 74.5 cm³/mol. The van der Waals surface area contributed by atoms with Gasteiger partial charge in [0.15, 0.2) is 8.32 Å². The lowest BCUT2D eigenvalue weighted by atomic mass is 10.2. The van der Waals surface area contributed by atoms with Gasteiger partial charge in [-0.25, -0.2) is 4.79 Å². The van der Waals surface area contributed by atoms with Gasteiger partial charge in [0.25, 0.3) is 0 Å². The molecule has 1 fully saturated rings. The number of nitrogens with zero attached hydrogens (tertiary/aromatic N) is 1. The molecule has 6 heteroatoms. The van der Waals surface area contributed by atoms with Gasteiger partial charge < -0.3 is 19.7 Å². The number of nitrogens with one attached hydrogen (secondary N) is 1. The third-order valence-corrected chi connectivity index (χ3v) is 8.68. The first-order valence-electron chi connectivity index (χ1n) is 6.40. The summed E-state index contributed by atoms with van der Waals surface area (Å²) in [5, 5.41) is 12.4. The van der Waals surface area contributed by atoms with Crippen LogP contribution < -0.4 is 5.32 Å². The van der Waals surface area contributed by atoms with E-state index in [1.165, 1.54) is 4.90 Å². The lowest BCUT2D eigenvalue weighted by Gasteiger charge is -2.40. The molecule has 1 aliphatic heterocycles. The Bertz CT molecular complexity index is 315. The highest BCUT2D eigenvalue weighted by atomic mass is 28.4. The molecule has 1 saturated heterocycles. The molecule has 0 bridgehead atoms. The Labute approximate surface area is 111 Å². The van der Waals surface area contributed by atoms with Crippen LogP contribution in [-0.4, -0.2) is 56.7 Å². The van der Waals surface area contributed by atoms with Crippen LogP contribution in [-0.2, 0) is 4.43 Å². The van der Waals surface area contributed by atoms with Crippen molar-refractivity contribution in [3.05, 3.63) is 0 Å². The van der Waals surface area contributed by atoms with Crippen molar-refractivity contribution < 1.29 is 14.3 Å². The maximum atomic E-state index is 11.0. The fourth-order valence-corrected chi connectivity index (χ4v) is 3.20. The van der Waals surface area contributed by atoms with E-state index in [0.29, 0.717) is 6.54 Å². The average Bonchev–Trinajstić information content (AvgIpc) is 2.61. The van der Waals surface area contributed by atoms with Crippen molar-refractivity contribution in [1.29, 1.82) is 0 Å². The van der Waals surface area contributed by atoms with Gasteiger partial charge in [-0.2, -0.15) is 0 Å². The standard InChI is InChI=1S/C12H26N2O3Si/c1-12(2,3)18(5,6)17-10-8-13-7-9(10)14(4)11(15)16/h9-10,13H,7-8H2,1-6H3,(H,15,16)/t9-,10+/m1/s1. The molecule has 0 aromatic rings. The van der Waals surface area contributed by atoms with Gasteiger partial charge >= 0.3 is 6.09 Å². The van der Waals surface area contributed by atoms with Crippen molar-refractivity contribution in [3.8, 4) is 0 Å². The highest BCUT2D eigenvalue weighted by Gasteiger charge is 2.43. The third kappa shape index (κ3) is 3.24. The van der Waals surface area contributed by atoms with E-state index in [1.807, 2.05) is 0 Å². The van der Waals surface area contributed by atoms with Gasteiger partial charge in [0.05, 0.1) is 12.1 Å². The van der Waals surface area contributed by atoms with Gasteiger partial charge in [-0.3, -0.25) is 0 Å². The molecule has 0 aromatic heterocycles. The second kappa shape index (κ2) is 5.18. The SMILES string of the molecule is CN(C(=O)O)[C@@H]1CNC[C@@H]1O[Si](C)(C)C(C)(C)C. The number of hydrogen-bond donors (Lipinski definition) is 2. The first kappa shape index (κ1) is 15.5. The van der Waals surface area contributed by atoms with Gasteiger partial charge in [-0.05, 0) is 18.1 Å². The summed E-state index contributed by atoms with van der Waals surface area (Å²) in [5.41, 5.74) is 0. The second-order valence-corrected chi connectivity index (χ2v) is 11.3. The molecule has 0 unspecified atom stereocenters. The van der Waals surface area contributed by atoms with E-state index in [1.54, 1.807) is 7.05 Å². The van der Waals surface area contributed by atoms with Gasteiger partial charge in [0.1, 0.15) is 0 Å². The summed E-state index contributed by atoms with van der Waals surface area (Å²) < 4.78 is 6.32. The summed E-state index contributed by atoms with van der Waals surface area (Å²) in [7, 11) is -0.239. The number of amides is 1. The average molecular weight is 274 g/mol. The zero-order valence-corrected chi connectivity index (χ0v) is 13.3. The molecular formula is C12H26N2O3Si. The van der Waals surface area contributed by atoms with Crippen LogP contribution in [0.25, 0.3) is 0 Å². The topological polar surface area (TPSA) is 61.8 Å². The van der Waals surface area contributed by atoms with E-state index < -0.39 is 14.4 Å². The first-order valence-corrected chi connectivity index (χ1v) is 9.31. The van der Waals surface area contributed by atoms with Crippen LogP contribution in [0.1, 0.15) is 20.8 Å². The van der Waals surface area contributed by atoms with Gasteiger partial charge in [0, 0.05) is 20.1 Å². The van der Waals surface area contributed by atoms with Crippen LogP contribution >= 0.6 is 0 Å². The zero-order valence-electron chi connectivity index (χ0n) is 12.3. The molecule has 2 N–H and O–H groups in total. The predicted octanol–water partition coefficient (Wildman–Crippen LogP) is 1.96. The largest absolute Gasteiger partial charge is 0.465 e. The lowest BCUT2D eigenvalue weighted by molar-refractivity contribution is 0.0923. The number of likely N-dealkylation sites (N-methyl/N-ethyl adjacent to an activating group) is 1. The lowest BCUT2D eigenvalue weighted by Crippen LogP contribution is -2.51. The maximum Gasteiger partial charge on any atom is 0.407 e. The highest BCUT2D eigenvalue weighted by Crippen LogP contribution is 2.38. The summed E-state index contributed by atoms with van der Waals surface area (Å²) in [6.07, 6.45) is -0.931. The molecule has 106 valence electrons. The van der Waals surface area contributed by atoms with Crippen LogP contribution in [0.4, 0.5) is 4.79 Å². The monoisotopic (exact) mass is 274 g/mol. The normalized spacial score (nSPS) is 25.2. The minimum Gasteiger partial charge on any atom is -0.465 e. The van der Waals surface area contributed by atoms with Crippen molar-refractivity contribution in [2.24, 2.45) is 0 Å². The van der Waals surface area contributed by atoms with Gasteiger partial charge in [-0.15, -0.1) is 0 Å². The summed E-state index contributed by atoms with van der Waals surface area (Å²) >= 11 is 0. The van der Waals surface area contributed by atoms with Gasteiger partial charge in [0.2, 0.25) is 0 Å². The number of hydrogen-bond acceptors (Lipinski definition) is 3. The highest BCUT2D eigenvalue weighted by molar-refractivity contribution is 6.74. The van der Waals surface area contributed by atoms with Crippen molar-refractivity contribution in [1.82, 2.24) is 10.2 Å². The third-order valence-electron chi connectivity index (χ3n) is 4.18. The van der Waals surface area contributed by atoms with E-state index in [4.69, 9.17) is 9.53 Å². The summed E-state index contributed by atoms with van der Waals surface area (Å²) in [6.45, 7) is 12.4. The Balaban J connectivity index is 2.75. The van der Waals surface area contributed by atoms with Crippen LogP contribution in [0.5, 0.6) is 0 Å². The van der Waals surface area contributed by atoms with E-state index in [9.17, 15) is 4.79 Å². The Hall–Kier alpha value is -0.593. The van der Waals surface area contributed by atoms with E-state index in [2.05, 4.69) is 39.2 Å². The van der Waals surface area contributed by atoms with E-state index >= 15 is 0 Å². The molecular weight excluding hydrogens is 248 g/mol. The first-order chi connectivity index (χ1) is 8.06. The van der Waals surface area contributed by atoms with Crippen LogP contribution in [0, 0.1) is 0 Å². The molecule has 0 aliphatic carbocycles. The molecule has 0 saturated carbocycles. The van der Waals surface area contributed by atoms with Crippen molar-refractivity contribution >= 4 is 14.4 Å². The molecule has 0 aromatic carbocycles. The summed E-state index contributed by atoms with van der Waals surface area (Å²) in [4.78, 5) is 12.4. The van der Waals surface area contributed by atoms with Crippen LogP contribution in [0.2, 0.25) is 18.1 Å². The molecule has 1 heterocycles. The zero-order chi connectivity index (χ0) is 14.1. The second-order valence-electron chi connectivity index (χ2n) is 6.54. The Morgan fingerprint density at radius 1 is 1.39 bits per heavy atom. The molecule has 5 nitrogen and oxygen atoms in total. The minimum atomic E-state index is -1.85. The van der Waals surface area contributed by atoms with Crippen molar-refractivity contribution in [2.75, 3.05) is 20.1 Å². The van der Waals surface area contributed by atoms with E-state index in [0.717, 1.165) is 6.54 Å². The van der Waals surface area contributed by atoms with Crippen molar-refractivity contribution in [3.63, 3.8) is 0 Å². The smallest absolute Gasteiger partial charge is 0.407 e. The fourth-order valence-electron chi connectivity index (χ4n) is 1.84. The Morgan fingerprint density at radius 2 is 1.94 bits per heavy atom. The number of carbonyl (C=O) groups is 1. The molecule has 1 aliphatic rings. The van der Waals surface area contributed by atoms with Crippen LogP contribution in [0.3, 0.4) is 0 Å².